The Balaban J connectivity index is 0.000000432. The number of aliphatic hydroxyl groups excluding tert-OH is 3. The van der Waals surface area contributed by atoms with Crippen LogP contribution in [0.2, 0.25) is 0 Å². The number of rotatable bonds is 10. The van der Waals surface area contributed by atoms with Crippen LogP contribution in [-0.2, 0) is 27.5 Å². The smallest absolute Gasteiger partial charge is 0.335 e. The van der Waals surface area contributed by atoms with Gasteiger partial charge in [0.1, 0.15) is 0 Å². The van der Waals surface area contributed by atoms with Crippen molar-refractivity contribution in [3.63, 3.8) is 0 Å². The maximum absolute atomic E-state index is 11.7. The predicted octanol–water partition coefficient (Wildman–Crippen LogP) is 0.352. The van der Waals surface area contributed by atoms with Crippen LogP contribution in [0.15, 0.2) is 48.5 Å². The minimum atomic E-state index is -2.27. The molecule has 2 aromatic rings. The number of piperidine rings is 1. The van der Waals surface area contributed by atoms with E-state index in [1.165, 1.54) is 11.1 Å². The SMILES string of the molecule is CN(Cc1cccc(-c2ccc(CN3CCC(CO)CC3)cc2)c1)C(=O)CN.O=C(O)C(O)C(O)C(=O)O. The van der Waals surface area contributed by atoms with Crippen LogP contribution in [0.25, 0.3) is 11.1 Å². The number of amides is 1. The molecule has 1 aliphatic heterocycles. The lowest BCUT2D eigenvalue weighted by Crippen LogP contribution is -2.39. The molecule has 0 aromatic heterocycles. The number of carboxylic acid groups (broad SMARTS) is 2. The second-order valence-corrected chi connectivity index (χ2v) is 9.32. The van der Waals surface area contributed by atoms with E-state index >= 15 is 0 Å². The van der Waals surface area contributed by atoms with Crippen molar-refractivity contribution in [3.8, 4) is 11.1 Å². The monoisotopic (exact) mass is 531 g/mol. The van der Waals surface area contributed by atoms with Crippen LogP contribution >= 0.6 is 0 Å². The van der Waals surface area contributed by atoms with E-state index in [0.29, 0.717) is 19.1 Å². The summed E-state index contributed by atoms with van der Waals surface area (Å²) in [6, 6.07) is 17.0. The molecular weight excluding hydrogens is 494 g/mol. The zero-order chi connectivity index (χ0) is 28.2. The van der Waals surface area contributed by atoms with Crippen molar-refractivity contribution in [1.29, 1.82) is 0 Å². The van der Waals surface area contributed by atoms with Gasteiger partial charge in [0.15, 0.2) is 12.2 Å². The summed E-state index contributed by atoms with van der Waals surface area (Å²) >= 11 is 0. The maximum atomic E-state index is 11.7. The third-order valence-corrected chi connectivity index (χ3v) is 6.41. The van der Waals surface area contributed by atoms with Gasteiger partial charge in [0.2, 0.25) is 5.91 Å². The normalized spacial score (nSPS) is 15.6. The van der Waals surface area contributed by atoms with Gasteiger partial charge in [-0.1, -0.05) is 42.5 Å². The summed E-state index contributed by atoms with van der Waals surface area (Å²) < 4.78 is 0. The predicted molar refractivity (Wildman–Crippen MR) is 140 cm³/mol. The van der Waals surface area contributed by atoms with Crippen LogP contribution in [0.4, 0.5) is 0 Å². The van der Waals surface area contributed by atoms with Gasteiger partial charge in [-0.15, -0.1) is 0 Å². The Bertz CT molecular complexity index is 1040. The molecule has 0 radical (unpaired) electrons. The number of likely N-dealkylation sites (N-methyl/N-ethyl adjacent to an activating group) is 1. The Morgan fingerprint density at radius 2 is 1.53 bits per heavy atom. The zero-order valence-corrected chi connectivity index (χ0v) is 21.4. The number of nitrogens with two attached hydrogens (primary N) is 1. The van der Waals surface area contributed by atoms with Gasteiger partial charge in [-0.2, -0.15) is 0 Å². The average Bonchev–Trinajstić information content (AvgIpc) is 2.92. The molecule has 38 heavy (non-hydrogen) atoms. The standard InChI is InChI=1S/C23H31N3O2.C4H6O6/c1-25(23(28)14-24)15-20-3-2-4-22(13-20)21-7-5-18(6-8-21)16-26-11-9-19(17-27)10-12-26;5-1(3(7)8)2(6)4(9)10/h2-8,13,19,27H,9-12,14-17,24H2,1H3;1-2,5-6H,(H,7,8)(H,9,10). The second kappa shape index (κ2) is 15.2. The molecule has 2 aromatic carbocycles. The van der Waals surface area contributed by atoms with E-state index in [0.717, 1.165) is 43.6 Å². The van der Waals surface area contributed by atoms with Gasteiger partial charge in [0, 0.05) is 26.7 Å². The van der Waals surface area contributed by atoms with Gasteiger partial charge in [0.25, 0.3) is 0 Å². The average molecular weight is 532 g/mol. The van der Waals surface area contributed by atoms with Crippen molar-refractivity contribution in [2.24, 2.45) is 11.7 Å². The van der Waals surface area contributed by atoms with Gasteiger partial charge in [-0.3, -0.25) is 9.69 Å². The molecule has 11 nitrogen and oxygen atoms in total. The third kappa shape index (κ3) is 9.51. The minimum absolute atomic E-state index is 0.0370. The van der Waals surface area contributed by atoms with Gasteiger partial charge in [-0.05, 0) is 60.2 Å². The van der Waals surface area contributed by atoms with E-state index in [4.69, 9.17) is 26.2 Å². The highest BCUT2D eigenvalue weighted by molar-refractivity contribution is 5.83. The molecule has 0 saturated carbocycles. The van der Waals surface area contributed by atoms with Gasteiger partial charge >= 0.3 is 11.9 Å². The number of hydrogen-bond donors (Lipinski definition) is 6. The summed E-state index contributed by atoms with van der Waals surface area (Å²) in [5.74, 6) is -3.12. The van der Waals surface area contributed by atoms with Crippen LogP contribution < -0.4 is 5.73 Å². The van der Waals surface area contributed by atoms with E-state index < -0.39 is 24.1 Å². The Morgan fingerprint density at radius 3 is 2.03 bits per heavy atom. The molecule has 1 fully saturated rings. The number of likely N-dealkylation sites (tertiary alicyclic amines) is 1. The van der Waals surface area contributed by atoms with Gasteiger partial charge in [0.05, 0.1) is 6.54 Å². The van der Waals surface area contributed by atoms with E-state index in [1.54, 1.807) is 11.9 Å². The first-order valence-corrected chi connectivity index (χ1v) is 12.3. The Hall–Kier alpha value is -3.35. The number of carbonyl (C=O) groups is 3. The lowest BCUT2D eigenvalue weighted by Gasteiger charge is -2.31. The number of hydrogen-bond acceptors (Lipinski definition) is 8. The van der Waals surface area contributed by atoms with Crippen molar-refractivity contribution in [2.75, 3.05) is 33.3 Å². The molecular formula is C27H37N3O8. The summed E-state index contributed by atoms with van der Waals surface area (Å²) in [4.78, 5) is 35.4. The fraction of sp³-hybridized carbons (Fsp3) is 0.444. The fourth-order valence-corrected chi connectivity index (χ4v) is 4.03. The number of aliphatic carboxylic acids is 2. The Kier molecular flexibility index (Phi) is 12.3. The third-order valence-electron chi connectivity index (χ3n) is 6.41. The maximum Gasteiger partial charge on any atom is 0.335 e. The number of benzene rings is 2. The van der Waals surface area contributed by atoms with Crippen LogP contribution in [0.1, 0.15) is 24.0 Å². The van der Waals surface area contributed by atoms with E-state index in [9.17, 15) is 19.5 Å². The van der Waals surface area contributed by atoms with Crippen LogP contribution in [0.5, 0.6) is 0 Å². The first kappa shape index (κ1) is 30.9. The highest BCUT2D eigenvalue weighted by atomic mass is 16.4. The molecule has 2 atom stereocenters. The molecule has 1 aliphatic rings. The van der Waals surface area contributed by atoms with Crippen molar-refractivity contribution in [1.82, 2.24) is 9.80 Å². The summed E-state index contributed by atoms with van der Waals surface area (Å²) in [5.41, 5.74) is 10.2. The molecule has 7 N–H and O–H groups in total. The molecule has 0 spiro atoms. The number of aliphatic hydroxyl groups is 3. The summed E-state index contributed by atoms with van der Waals surface area (Å²) in [7, 11) is 1.78. The largest absolute Gasteiger partial charge is 0.479 e. The van der Waals surface area contributed by atoms with Crippen molar-refractivity contribution in [3.05, 3.63) is 59.7 Å². The highest BCUT2D eigenvalue weighted by Crippen LogP contribution is 2.23. The van der Waals surface area contributed by atoms with Crippen LogP contribution in [-0.4, -0.2) is 98.7 Å². The van der Waals surface area contributed by atoms with Crippen LogP contribution in [0.3, 0.4) is 0 Å². The lowest BCUT2D eigenvalue weighted by molar-refractivity contribution is -0.165. The van der Waals surface area contributed by atoms with E-state index in [-0.39, 0.29) is 12.5 Å². The van der Waals surface area contributed by atoms with Gasteiger partial charge in [-0.25, -0.2) is 9.59 Å². The van der Waals surface area contributed by atoms with E-state index in [2.05, 4.69) is 41.3 Å². The molecule has 2 unspecified atom stereocenters. The number of nitrogens with zero attached hydrogens (tertiary/aromatic N) is 2. The second-order valence-electron chi connectivity index (χ2n) is 9.32. The van der Waals surface area contributed by atoms with E-state index in [1.807, 2.05) is 12.1 Å². The number of carbonyl (C=O) groups excluding carboxylic acids is 1. The van der Waals surface area contributed by atoms with Crippen molar-refractivity contribution < 1.29 is 39.9 Å². The van der Waals surface area contributed by atoms with Crippen molar-refractivity contribution >= 4 is 17.8 Å². The highest BCUT2D eigenvalue weighted by Gasteiger charge is 2.29. The topological polar surface area (TPSA) is 185 Å². The molecule has 3 rings (SSSR count). The lowest BCUT2D eigenvalue weighted by atomic mass is 9.97. The molecule has 1 amide bonds. The summed E-state index contributed by atoms with van der Waals surface area (Å²) in [6.07, 6.45) is -2.36. The summed E-state index contributed by atoms with van der Waals surface area (Å²) in [6.45, 7) is 4.00. The summed E-state index contributed by atoms with van der Waals surface area (Å²) in [5, 5.41) is 41.8. The van der Waals surface area contributed by atoms with Crippen LogP contribution in [0, 0.1) is 5.92 Å². The fourth-order valence-electron chi connectivity index (χ4n) is 4.03. The molecule has 0 aliphatic carbocycles. The zero-order valence-electron chi connectivity index (χ0n) is 21.4. The Morgan fingerprint density at radius 1 is 0.947 bits per heavy atom. The Labute approximate surface area is 221 Å². The molecule has 0 bridgehead atoms. The van der Waals surface area contributed by atoms with Gasteiger partial charge < -0.3 is 36.2 Å². The first-order chi connectivity index (χ1) is 18.0. The minimum Gasteiger partial charge on any atom is -0.479 e. The molecule has 1 heterocycles. The molecule has 1 saturated heterocycles. The van der Waals surface area contributed by atoms with Crippen molar-refractivity contribution in [2.45, 2.75) is 38.1 Å². The first-order valence-electron chi connectivity index (χ1n) is 12.3. The number of carboxylic acids is 2. The quantitative estimate of drug-likeness (QED) is 0.250. The molecule has 208 valence electrons. The molecule has 11 heteroatoms.